The van der Waals surface area contributed by atoms with Gasteiger partial charge in [-0.25, -0.2) is 9.37 Å². The van der Waals surface area contributed by atoms with Crippen molar-refractivity contribution in [3.63, 3.8) is 0 Å². The van der Waals surface area contributed by atoms with Gasteiger partial charge in [0.25, 0.3) is 0 Å². The number of thiazole rings is 1. The van der Waals surface area contributed by atoms with Crippen molar-refractivity contribution in [2.75, 3.05) is 12.8 Å². The third-order valence-electron chi connectivity index (χ3n) is 1.97. The lowest BCUT2D eigenvalue weighted by Crippen LogP contribution is -1.89. The second kappa shape index (κ2) is 3.86. The van der Waals surface area contributed by atoms with E-state index in [2.05, 4.69) is 4.98 Å². The predicted molar refractivity (Wildman–Crippen MR) is 58.5 cm³/mol. The Bertz CT molecular complexity index is 484. The van der Waals surface area contributed by atoms with Gasteiger partial charge < -0.3 is 10.5 Å². The van der Waals surface area contributed by atoms with Crippen molar-refractivity contribution in [1.29, 1.82) is 0 Å². The molecule has 0 aliphatic heterocycles. The Hall–Kier alpha value is -1.62. The maximum atomic E-state index is 13.6. The molecule has 0 aliphatic carbocycles. The van der Waals surface area contributed by atoms with E-state index in [9.17, 15) is 4.39 Å². The van der Waals surface area contributed by atoms with Crippen LogP contribution in [0, 0.1) is 5.82 Å². The number of nitrogens with two attached hydrogens (primary N) is 1. The third kappa shape index (κ3) is 1.78. The second-order valence-electron chi connectivity index (χ2n) is 2.88. The molecule has 0 spiro atoms. The predicted octanol–water partition coefficient (Wildman–Crippen LogP) is 2.54. The number of anilines is 1. The number of ether oxygens (including phenoxy) is 1. The molecular formula is C10H9FN2OS. The van der Waals surface area contributed by atoms with Gasteiger partial charge in [0.15, 0.2) is 5.13 Å². The van der Waals surface area contributed by atoms with Crippen LogP contribution >= 0.6 is 11.3 Å². The van der Waals surface area contributed by atoms with E-state index in [0.29, 0.717) is 21.3 Å². The first-order valence-corrected chi connectivity index (χ1v) is 5.08. The van der Waals surface area contributed by atoms with E-state index in [0.717, 1.165) is 0 Å². The van der Waals surface area contributed by atoms with Gasteiger partial charge in [-0.2, -0.15) is 0 Å². The van der Waals surface area contributed by atoms with Crippen LogP contribution in [0.25, 0.3) is 10.4 Å². The minimum absolute atomic E-state index is 0.335. The standard InChI is InChI=1S/C10H9FN2OS/c1-14-7-4-2-3-6(11)9(7)8-5-13-10(12)15-8/h2-5H,1H3,(H2,12,13). The largest absolute Gasteiger partial charge is 0.496 e. The molecular weight excluding hydrogens is 215 g/mol. The maximum Gasteiger partial charge on any atom is 0.180 e. The van der Waals surface area contributed by atoms with Gasteiger partial charge in [-0.05, 0) is 12.1 Å². The Balaban J connectivity index is 2.60. The van der Waals surface area contributed by atoms with E-state index in [1.54, 1.807) is 18.3 Å². The van der Waals surface area contributed by atoms with Crippen molar-refractivity contribution in [3.8, 4) is 16.2 Å². The summed E-state index contributed by atoms with van der Waals surface area (Å²) in [4.78, 5) is 4.55. The van der Waals surface area contributed by atoms with Crippen LogP contribution < -0.4 is 10.5 Å². The number of halogens is 1. The molecule has 1 heterocycles. The zero-order valence-electron chi connectivity index (χ0n) is 8.03. The van der Waals surface area contributed by atoms with Crippen molar-refractivity contribution in [1.82, 2.24) is 4.98 Å². The second-order valence-corrected chi connectivity index (χ2v) is 3.94. The quantitative estimate of drug-likeness (QED) is 0.852. The molecule has 3 nitrogen and oxygen atoms in total. The molecule has 1 aromatic heterocycles. The fourth-order valence-corrected chi connectivity index (χ4v) is 2.05. The average molecular weight is 224 g/mol. The van der Waals surface area contributed by atoms with Crippen molar-refractivity contribution in [3.05, 3.63) is 30.2 Å². The van der Waals surface area contributed by atoms with Gasteiger partial charge in [0.05, 0.1) is 17.6 Å². The van der Waals surface area contributed by atoms with Gasteiger partial charge in [-0.1, -0.05) is 17.4 Å². The van der Waals surface area contributed by atoms with E-state index < -0.39 is 0 Å². The summed E-state index contributed by atoms with van der Waals surface area (Å²) in [7, 11) is 1.50. The van der Waals surface area contributed by atoms with E-state index in [1.807, 2.05) is 0 Å². The number of nitrogens with zero attached hydrogens (tertiary/aromatic N) is 1. The maximum absolute atomic E-state index is 13.6. The van der Waals surface area contributed by atoms with Crippen LogP contribution in [0.2, 0.25) is 0 Å². The van der Waals surface area contributed by atoms with Crippen LogP contribution in [0.4, 0.5) is 9.52 Å². The molecule has 0 fully saturated rings. The molecule has 78 valence electrons. The summed E-state index contributed by atoms with van der Waals surface area (Å²) in [6.45, 7) is 0. The Morgan fingerprint density at radius 3 is 2.87 bits per heavy atom. The normalized spacial score (nSPS) is 10.3. The van der Waals surface area contributed by atoms with Crippen LogP contribution in [0.15, 0.2) is 24.4 Å². The van der Waals surface area contributed by atoms with E-state index >= 15 is 0 Å². The molecule has 5 heteroatoms. The molecule has 2 aromatic rings. The molecule has 0 atom stereocenters. The Kier molecular flexibility index (Phi) is 2.55. The van der Waals surface area contributed by atoms with Crippen LogP contribution in [0.5, 0.6) is 5.75 Å². The van der Waals surface area contributed by atoms with Gasteiger partial charge >= 0.3 is 0 Å². The smallest absolute Gasteiger partial charge is 0.180 e. The molecule has 0 radical (unpaired) electrons. The number of nitrogen functional groups attached to an aromatic ring is 1. The molecule has 0 aliphatic rings. The lowest BCUT2D eigenvalue weighted by molar-refractivity contribution is 0.413. The number of benzene rings is 1. The number of rotatable bonds is 2. The Morgan fingerprint density at radius 1 is 1.47 bits per heavy atom. The van der Waals surface area contributed by atoms with Gasteiger partial charge in [-0.15, -0.1) is 0 Å². The van der Waals surface area contributed by atoms with Gasteiger partial charge in [-0.3, -0.25) is 0 Å². The van der Waals surface area contributed by atoms with Crippen molar-refractivity contribution < 1.29 is 9.13 Å². The molecule has 0 amide bonds. The average Bonchev–Trinajstić information content (AvgIpc) is 2.64. The molecule has 0 bridgehead atoms. The first kappa shape index (κ1) is 9.92. The highest BCUT2D eigenvalue weighted by Gasteiger charge is 2.13. The lowest BCUT2D eigenvalue weighted by Gasteiger charge is -2.06. The minimum atomic E-state index is -0.335. The molecule has 2 N–H and O–H groups in total. The topological polar surface area (TPSA) is 48.1 Å². The van der Waals surface area contributed by atoms with E-state index in [4.69, 9.17) is 10.5 Å². The van der Waals surface area contributed by atoms with Crippen LogP contribution in [-0.2, 0) is 0 Å². The van der Waals surface area contributed by atoms with Crippen molar-refractivity contribution in [2.45, 2.75) is 0 Å². The number of aromatic nitrogens is 1. The van der Waals surface area contributed by atoms with E-state index in [-0.39, 0.29) is 5.82 Å². The van der Waals surface area contributed by atoms with Gasteiger partial charge in [0.1, 0.15) is 11.6 Å². The highest BCUT2D eigenvalue weighted by Crippen LogP contribution is 2.36. The Labute approximate surface area is 90.3 Å². The summed E-state index contributed by atoms with van der Waals surface area (Å²) >= 11 is 1.23. The molecule has 0 unspecified atom stereocenters. The highest BCUT2D eigenvalue weighted by atomic mass is 32.1. The zero-order chi connectivity index (χ0) is 10.8. The van der Waals surface area contributed by atoms with Crippen molar-refractivity contribution in [2.24, 2.45) is 0 Å². The van der Waals surface area contributed by atoms with Gasteiger partial charge in [0.2, 0.25) is 0 Å². The molecule has 0 saturated heterocycles. The van der Waals surface area contributed by atoms with Crippen LogP contribution in [-0.4, -0.2) is 12.1 Å². The summed E-state index contributed by atoms with van der Waals surface area (Å²) in [6.07, 6.45) is 1.54. The van der Waals surface area contributed by atoms with Crippen LogP contribution in [0.1, 0.15) is 0 Å². The molecule has 1 aromatic carbocycles. The fourth-order valence-electron chi connectivity index (χ4n) is 1.32. The number of hydrogen-bond donors (Lipinski definition) is 1. The summed E-state index contributed by atoms with van der Waals surface area (Å²) in [5.41, 5.74) is 5.91. The van der Waals surface area contributed by atoms with E-state index in [1.165, 1.54) is 24.5 Å². The number of hydrogen-bond acceptors (Lipinski definition) is 4. The molecule has 0 saturated carbocycles. The van der Waals surface area contributed by atoms with Gasteiger partial charge in [0, 0.05) is 6.20 Å². The Morgan fingerprint density at radius 2 is 2.27 bits per heavy atom. The monoisotopic (exact) mass is 224 g/mol. The third-order valence-corrected chi connectivity index (χ3v) is 2.81. The molecule has 15 heavy (non-hydrogen) atoms. The SMILES string of the molecule is COc1cccc(F)c1-c1cnc(N)s1. The van der Waals surface area contributed by atoms with Crippen LogP contribution in [0.3, 0.4) is 0 Å². The highest BCUT2D eigenvalue weighted by molar-refractivity contribution is 7.18. The fraction of sp³-hybridized carbons (Fsp3) is 0.100. The summed E-state index contributed by atoms with van der Waals surface area (Å²) in [6, 6.07) is 4.68. The first-order valence-electron chi connectivity index (χ1n) is 4.26. The summed E-state index contributed by atoms with van der Waals surface area (Å²) in [5, 5.41) is 0.412. The summed E-state index contributed by atoms with van der Waals surface area (Å²) in [5.74, 6) is 0.150. The summed E-state index contributed by atoms with van der Waals surface area (Å²) < 4.78 is 18.7. The first-order chi connectivity index (χ1) is 7.22. The zero-order valence-corrected chi connectivity index (χ0v) is 8.84. The molecule has 2 rings (SSSR count). The minimum Gasteiger partial charge on any atom is -0.496 e. The number of methoxy groups -OCH3 is 1. The van der Waals surface area contributed by atoms with Crippen molar-refractivity contribution >= 4 is 16.5 Å². The lowest BCUT2D eigenvalue weighted by atomic mass is 10.1.